The van der Waals surface area contributed by atoms with E-state index in [1.165, 1.54) is 12.1 Å². The average molecular weight is 316 g/mol. The molecule has 0 fully saturated rings. The summed E-state index contributed by atoms with van der Waals surface area (Å²) >= 11 is 0. The van der Waals surface area contributed by atoms with Gasteiger partial charge in [0.05, 0.1) is 6.61 Å². The van der Waals surface area contributed by atoms with Crippen molar-refractivity contribution in [2.75, 3.05) is 25.6 Å². The standard InChI is InChI=1S/C14H15F3N2O3/c1-19(2)13-11(22-9-3-8-20)6-4-10(18-13)5-7-12(21)14(15,16)17/h4,6,8,12,21H,3,9H2,1-2H3. The lowest BCUT2D eigenvalue weighted by Gasteiger charge is -2.16. The van der Waals surface area contributed by atoms with E-state index in [9.17, 15) is 18.0 Å². The zero-order chi connectivity index (χ0) is 16.8. The van der Waals surface area contributed by atoms with Crippen molar-refractivity contribution in [3.63, 3.8) is 0 Å². The number of halogens is 3. The molecular weight excluding hydrogens is 301 g/mol. The number of hydrogen-bond donors (Lipinski definition) is 1. The summed E-state index contributed by atoms with van der Waals surface area (Å²) in [6.45, 7) is 0.170. The number of aliphatic hydroxyl groups excluding tert-OH is 1. The highest BCUT2D eigenvalue weighted by Crippen LogP contribution is 2.25. The van der Waals surface area contributed by atoms with Crippen molar-refractivity contribution in [1.82, 2.24) is 4.98 Å². The van der Waals surface area contributed by atoms with E-state index < -0.39 is 12.3 Å². The van der Waals surface area contributed by atoms with E-state index in [1.807, 2.05) is 0 Å². The molecule has 0 radical (unpaired) electrons. The van der Waals surface area contributed by atoms with Crippen molar-refractivity contribution in [2.45, 2.75) is 18.7 Å². The van der Waals surface area contributed by atoms with Crippen LogP contribution in [0.2, 0.25) is 0 Å². The molecule has 0 saturated carbocycles. The fourth-order valence-electron chi connectivity index (χ4n) is 1.38. The van der Waals surface area contributed by atoms with Crippen LogP contribution in [0.25, 0.3) is 0 Å². The molecule has 1 N–H and O–H groups in total. The van der Waals surface area contributed by atoms with Crippen LogP contribution in [0.4, 0.5) is 19.0 Å². The number of carbonyl (C=O) groups excluding carboxylic acids is 1. The third-order valence-corrected chi connectivity index (χ3v) is 2.40. The number of anilines is 1. The fraction of sp³-hybridized carbons (Fsp3) is 0.429. The van der Waals surface area contributed by atoms with Crippen LogP contribution in [0.3, 0.4) is 0 Å². The number of aldehydes is 1. The van der Waals surface area contributed by atoms with Gasteiger partial charge >= 0.3 is 6.18 Å². The summed E-state index contributed by atoms with van der Waals surface area (Å²) in [5, 5.41) is 8.83. The van der Waals surface area contributed by atoms with Crippen LogP contribution < -0.4 is 9.64 Å². The molecule has 1 rings (SSSR count). The summed E-state index contributed by atoms with van der Waals surface area (Å²) in [5.74, 6) is 4.60. The Hall–Kier alpha value is -2.27. The van der Waals surface area contributed by atoms with Crippen molar-refractivity contribution < 1.29 is 27.8 Å². The number of nitrogens with zero attached hydrogens (tertiary/aromatic N) is 2. The highest BCUT2D eigenvalue weighted by molar-refractivity contribution is 5.54. The lowest BCUT2D eigenvalue weighted by Crippen LogP contribution is -2.26. The number of hydrogen-bond acceptors (Lipinski definition) is 5. The predicted octanol–water partition coefficient (Wildman–Crippen LogP) is 1.39. The molecular formula is C14H15F3N2O3. The first-order valence-corrected chi connectivity index (χ1v) is 6.27. The zero-order valence-electron chi connectivity index (χ0n) is 12.0. The fourth-order valence-corrected chi connectivity index (χ4v) is 1.38. The van der Waals surface area contributed by atoms with Gasteiger partial charge in [0, 0.05) is 20.5 Å². The number of alkyl halides is 3. The van der Waals surface area contributed by atoms with Gasteiger partial charge in [0.15, 0.2) is 11.6 Å². The lowest BCUT2D eigenvalue weighted by atomic mass is 10.3. The first-order chi connectivity index (χ1) is 10.3. The van der Waals surface area contributed by atoms with Crippen LogP contribution in [0.5, 0.6) is 5.75 Å². The Bertz CT molecular complexity index is 577. The summed E-state index contributed by atoms with van der Waals surface area (Å²) in [7, 11) is 3.35. The predicted molar refractivity (Wildman–Crippen MR) is 73.7 cm³/mol. The largest absolute Gasteiger partial charge is 0.489 e. The second-order valence-electron chi connectivity index (χ2n) is 4.43. The Labute approximate surface area is 125 Å². The monoisotopic (exact) mass is 316 g/mol. The minimum atomic E-state index is -4.80. The molecule has 8 heteroatoms. The maximum absolute atomic E-state index is 12.2. The van der Waals surface area contributed by atoms with Crippen molar-refractivity contribution in [3.05, 3.63) is 17.8 Å². The number of carbonyl (C=O) groups is 1. The van der Waals surface area contributed by atoms with Crippen molar-refractivity contribution in [1.29, 1.82) is 0 Å². The van der Waals surface area contributed by atoms with Gasteiger partial charge < -0.3 is 19.5 Å². The lowest BCUT2D eigenvalue weighted by molar-refractivity contribution is -0.184. The minimum Gasteiger partial charge on any atom is -0.489 e. The third-order valence-electron chi connectivity index (χ3n) is 2.40. The van der Waals surface area contributed by atoms with Gasteiger partial charge in [-0.25, -0.2) is 4.98 Å². The third kappa shape index (κ3) is 5.26. The quantitative estimate of drug-likeness (QED) is 0.505. The zero-order valence-corrected chi connectivity index (χ0v) is 12.0. The van der Waals surface area contributed by atoms with Crippen LogP contribution in [0, 0.1) is 11.8 Å². The number of rotatable bonds is 5. The van der Waals surface area contributed by atoms with Gasteiger partial charge in [-0.2, -0.15) is 13.2 Å². The first-order valence-electron chi connectivity index (χ1n) is 6.27. The first kappa shape index (κ1) is 17.8. The second-order valence-corrected chi connectivity index (χ2v) is 4.43. The van der Waals surface area contributed by atoms with Gasteiger partial charge in [0.2, 0.25) is 6.10 Å². The van der Waals surface area contributed by atoms with E-state index in [2.05, 4.69) is 10.9 Å². The van der Waals surface area contributed by atoms with E-state index >= 15 is 0 Å². The summed E-state index contributed by atoms with van der Waals surface area (Å²) in [5.41, 5.74) is 0.0646. The Morgan fingerprint density at radius 3 is 2.68 bits per heavy atom. The molecule has 0 aliphatic heterocycles. The van der Waals surface area contributed by atoms with E-state index in [-0.39, 0.29) is 18.7 Å². The van der Waals surface area contributed by atoms with E-state index in [0.29, 0.717) is 17.9 Å². The van der Waals surface area contributed by atoms with Gasteiger partial charge in [-0.1, -0.05) is 5.92 Å². The molecule has 1 aromatic heterocycles. The molecule has 0 bridgehead atoms. The van der Waals surface area contributed by atoms with Crippen LogP contribution >= 0.6 is 0 Å². The molecule has 0 saturated heterocycles. The van der Waals surface area contributed by atoms with E-state index in [4.69, 9.17) is 9.84 Å². The summed E-state index contributed by atoms with van der Waals surface area (Å²) in [6.07, 6.45) is -6.59. The summed E-state index contributed by atoms with van der Waals surface area (Å²) < 4.78 is 41.9. The SMILES string of the molecule is CN(C)c1nc(C#CC(O)C(F)(F)F)ccc1OCCC=O. The molecule has 0 aliphatic rings. The van der Waals surface area contributed by atoms with Gasteiger partial charge in [0.25, 0.3) is 0 Å². The Balaban J connectivity index is 2.98. The number of aromatic nitrogens is 1. The van der Waals surface area contributed by atoms with E-state index in [1.54, 1.807) is 24.9 Å². The van der Waals surface area contributed by atoms with Gasteiger partial charge in [-0.05, 0) is 18.1 Å². The molecule has 0 amide bonds. The topological polar surface area (TPSA) is 62.7 Å². The number of ether oxygens (including phenoxy) is 1. The van der Waals surface area contributed by atoms with Crippen molar-refractivity contribution >= 4 is 12.1 Å². The normalized spacial score (nSPS) is 12.1. The minimum absolute atomic E-state index is 0.0646. The molecule has 0 aliphatic carbocycles. The molecule has 1 aromatic rings. The smallest absolute Gasteiger partial charge is 0.425 e. The Morgan fingerprint density at radius 2 is 2.14 bits per heavy atom. The molecule has 5 nitrogen and oxygen atoms in total. The molecule has 22 heavy (non-hydrogen) atoms. The van der Waals surface area contributed by atoms with Crippen LogP contribution in [-0.4, -0.2) is 49.4 Å². The molecule has 1 unspecified atom stereocenters. The molecule has 0 aromatic carbocycles. The van der Waals surface area contributed by atoms with Gasteiger partial charge in [-0.15, -0.1) is 0 Å². The summed E-state index contributed by atoms with van der Waals surface area (Å²) in [4.78, 5) is 15.9. The average Bonchev–Trinajstić information content (AvgIpc) is 2.44. The number of pyridine rings is 1. The molecule has 120 valence electrons. The van der Waals surface area contributed by atoms with Gasteiger partial charge in [-0.3, -0.25) is 0 Å². The summed E-state index contributed by atoms with van der Waals surface area (Å²) in [6, 6.07) is 2.87. The Morgan fingerprint density at radius 1 is 1.45 bits per heavy atom. The highest BCUT2D eigenvalue weighted by atomic mass is 19.4. The van der Waals surface area contributed by atoms with Crippen LogP contribution in [0.1, 0.15) is 12.1 Å². The van der Waals surface area contributed by atoms with Crippen LogP contribution in [-0.2, 0) is 4.79 Å². The van der Waals surface area contributed by atoms with Crippen molar-refractivity contribution in [2.24, 2.45) is 0 Å². The van der Waals surface area contributed by atoms with E-state index in [0.717, 1.165) is 0 Å². The molecule has 0 spiro atoms. The van der Waals surface area contributed by atoms with Crippen LogP contribution in [0.15, 0.2) is 12.1 Å². The maximum Gasteiger partial charge on any atom is 0.425 e. The van der Waals surface area contributed by atoms with Crippen molar-refractivity contribution in [3.8, 4) is 17.6 Å². The molecule has 1 heterocycles. The number of aliphatic hydroxyl groups is 1. The highest BCUT2D eigenvalue weighted by Gasteiger charge is 2.36. The second kappa shape index (κ2) is 7.66. The Kier molecular flexibility index (Phi) is 6.19. The maximum atomic E-state index is 12.2. The van der Waals surface area contributed by atoms with Gasteiger partial charge in [0.1, 0.15) is 12.0 Å². The molecule has 1 atom stereocenters.